The smallest absolute Gasteiger partial charge is 0.395 e. The zero-order valence-electron chi connectivity index (χ0n) is 19.1. The molecular formula is C25H21F3N4O4. The number of anilines is 1. The van der Waals surface area contributed by atoms with Crippen molar-refractivity contribution in [2.45, 2.75) is 25.1 Å². The van der Waals surface area contributed by atoms with Gasteiger partial charge < -0.3 is 15.3 Å². The minimum absolute atomic E-state index is 0.0249. The summed E-state index contributed by atoms with van der Waals surface area (Å²) in [6.45, 7) is -0.370. The van der Waals surface area contributed by atoms with E-state index in [0.717, 1.165) is 17.0 Å². The summed E-state index contributed by atoms with van der Waals surface area (Å²) in [6, 6.07) is 8.86. The van der Waals surface area contributed by atoms with Crippen LogP contribution in [0, 0.1) is 11.3 Å². The van der Waals surface area contributed by atoms with Gasteiger partial charge in [-0.25, -0.2) is 4.79 Å². The summed E-state index contributed by atoms with van der Waals surface area (Å²) in [6.07, 6.45) is -4.42. The van der Waals surface area contributed by atoms with Gasteiger partial charge in [0.2, 0.25) is 0 Å². The number of nitrogens with zero attached hydrogens (tertiary/aromatic N) is 3. The van der Waals surface area contributed by atoms with Gasteiger partial charge in [0.05, 0.1) is 35.5 Å². The first-order chi connectivity index (χ1) is 17.1. The average molecular weight is 498 g/mol. The van der Waals surface area contributed by atoms with Gasteiger partial charge >= 0.3 is 12.2 Å². The molecule has 0 bridgehead atoms. The predicted molar refractivity (Wildman–Crippen MR) is 122 cm³/mol. The first-order valence-corrected chi connectivity index (χ1v) is 11.0. The Bertz CT molecular complexity index is 1330. The molecule has 1 unspecified atom stereocenters. The molecule has 3 amide bonds. The first kappa shape index (κ1) is 24.9. The number of nitrogens with one attached hydrogen (secondary N) is 1. The monoisotopic (exact) mass is 498 g/mol. The van der Waals surface area contributed by atoms with Crippen LogP contribution in [0.3, 0.4) is 0 Å². The Morgan fingerprint density at radius 3 is 2.61 bits per heavy atom. The van der Waals surface area contributed by atoms with Crippen molar-refractivity contribution in [2.75, 3.05) is 25.1 Å². The number of likely N-dealkylation sites (N-methyl/N-ethyl adjacent to an activating group) is 1. The van der Waals surface area contributed by atoms with Crippen LogP contribution in [0.1, 0.15) is 45.9 Å². The van der Waals surface area contributed by atoms with Gasteiger partial charge in [-0.3, -0.25) is 14.5 Å². The van der Waals surface area contributed by atoms with E-state index in [0.29, 0.717) is 0 Å². The quantitative estimate of drug-likeness (QED) is 0.655. The second kappa shape index (κ2) is 9.47. The first-order valence-electron chi connectivity index (χ1n) is 11.0. The lowest BCUT2D eigenvalue weighted by Gasteiger charge is -2.41. The van der Waals surface area contributed by atoms with Gasteiger partial charge in [-0.1, -0.05) is 12.1 Å². The van der Waals surface area contributed by atoms with Gasteiger partial charge in [-0.15, -0.1) is 0 Å². The molecule has 4 rings (SSSR count). The van der Waals surface area contributed by atoms with Crippen molar-refractivity contribution in [2.24, 2.45) is 0 Å². The van der Waals surface area contributed by atoms with Crippen molar-refractivity contribution >= 4 is 23.4 Å². The van der Waals surface area contributed by atoms with Crippen LogP contribution in [-0.4, -0.2) is 47.9 Å². The number of hydrogen-bond acceptors (Lipinski definition) is 5. The van der Waals surface area contributed by atoms with Gasteiger partial charge in [0.1, 0.15) is 0 Å². The molecule has 186 valence electrons. The number of urea groups is 1. The fraction of sp³-hybridized carbons (Fsp3) is 0.280. The molecular weight excluding hydrogens is 477 g/mol. The predicted octanol–water partition coefficient (Wildman–Crippen LogP) is 3.53. The lowest BCUT2D eigenvalue weighted by molar-refractivity contribution is -0.137. The van der Waals surface area contributed by atoms with Crippen LogP contribution in [0.2, 0.25) is 0 Å². The standard InChI is InChI=1S/C25H21F3N4O4/c1-31-22(17-6-5-14(13-29)11-18(17)23(35)30-9-10-33)21-19(7-8-20(21)34)32(24(31)36)16-4-2-3-15(12-16)25(26,27)28/h2-6,11-12,22,33H,7-10H2,1H3,(H,30,35). The van der Waals surface area contributed by atoms with Gasteiger partial charge in [0.15, 0.2) is 5.78 Å². The van der Waals surface area contributed by atoms with Gasteiger partial charge in [-0.2, -0.15) is 18.4 Å². The molecule has 11 heteroatoms. The number of alkyl halides is 3. The minimum atomic E-state index is -4.62. The normalized spacial score (nSPS) is 17.8. The fourth-order valence-electron chi connectivity index (χ4n) is 4.56. The summed E-state index contributed by atoms with van der Waals surface area (Å²) in [5, 5.41) is 20.9. The van der Waals surface area contributed by atoms with Crippen molar-refractivity contribution in [3.05, 3.63) is 76.0 Å². The Labute approximate surface area is 204 Å². The van der Waals surface area contributed by atoms with Crippen molar-refractivity contribution in [3.63, 3.8) is 0 Å². The summed E-state index contributed by atoms with van der Waals surface area (Å²) in [4.78, 5) is 41.7. The van der Waals surface area contributed by atoms with Crippen molar-refractivity contribution in [3.8, 4) is 6.07 Å². The third-order valence-electron chi connectivity index (χ3n) is 6.17. The minimum Gasteiger partial charge on any atom is -0.395 e. The Morgan fingerprint density at radius 1 is 1.19 bits per heavy atom. The van der Waals surface area contributed by atoms with E-state index in [2.05, 4.69) is 5.32 Å². The van der Waals surface area contributed by atoms with Crippen molar-refractivity contribution in [1.29, 1.82) is 5.26 Å². The molecule has 0 aromatic heterocycles. The summed E-state index contributed by atoms with van der Waals surface area (Å²) in [5.41, 5.74) is 0.0316. The number of aliphatic hydroxyl groups is 1. The highest BCUT2D eigenvalue weighted by atomic mass is 19.4. The number of nitriles is 1. The molecule has 0 saturated carbocycles. The lowest BCUT2D eigenvalue weighted by Crippen LogP contribution is -2.48. The summed E-state index contributed by atoms with van der Waals surface area (Å²) >= 11 is 0. The second-order valence-corrected chi connectivity index (χ2v) is 8.36. The van der Waals surface area contributed by atoms with Crippen LogP contribution in [0.15, 0.2) is 53.7 Å². The van der Waals surface area contributed by atoms with E-state index in [1.165, 1.54) is 42.3 Å². The maximum absolute atomic E-state index is 13.5. The largest absolute Gasteiger partial charge is 0.416 e. The number of carbonyl (C=O) groups excluding carboxylic acids is 3. The number of hydrogen-bond donors (Lipinski definition) is 2. The lowest BCUT2D eigenvalue weighted by atomic mass is 9.89. The molecule has 1 atom stereocenters. The molecule has 2 aromatic rings. The number of aliphatic hydroxyl groups excluding tert-OH is 1. The number of Topliss-reactive ketones (excluding diaryl/α,β-unsaturated/α-hetero) is 1. The molecule has 2 N–H and O–H groups in total. The Balaban J connectivity index is 1.88. The van der Waals surface area contributed by atoms with E-state index >= 15 is 0 Å². The van der Waals surface area contributed by atoms with Gasteiger partial charge in [0.25, 0.3) is 5.91 Å². The van der Waals surface area contributed by atoms with E-state index < -0.39 is 29.7 Å². The SMILES string of the molecule is CN1C(=O)N(c2cccc(C(F)(F)F)c2)C2=C(C(=O)CC2)C1c1ccc(C#N)cc1C(=O)NCCO. The molecule has 1 aliphatic heterocycles. The van der Waals surface area contributed by atoms with Crippen LogP contribution in [0.25, 0.3) is 0 Å². The van der Waals surface area contributed by atoms with E-state index in [1.54, 1.807) is 0 Å². The number of amides is 3. The maximum atomic E-state index is 13.5. The third-order valence-corrected chi connectivity index (χ3v) is 6.17. The van der Waals surface area contributed by atoms with E-state index in [-0.39, 0.29) is 65.4 Å². The fourth-order valence-corrected chi connectivity index (χ4v) is 4.56. The third kappa shape index (κ3) is 4.31. The Hall–Kier alpha value is -4.17. The topological polar surface area (TPSA) is 114 Å². The van der Waals surface area contributed by atoms with E-state index in [4.69, 9.17) is 5.11 Å². The van der Waals surface area contributed by atoms with Crippen LogP contribution in [0.4, 0.5) is 23.7 Å². The highest BCUT2D eigenvalue weighted by Crippen LogP contribution is 2.45. The van der Waals surface area contributed by atoms with Crippen molar-refractivity contribution < 1.29 is 32.7 Å². The molecule has 8 nitrogen and oxygen atoms in total. The number of carbonyl (C=O) groups is 3. The molecule has 0 radical (unpaired) electrons. The van der Waals surface area contributed by atoms with Gasteiger partial charge in [-0.05, 0) is 42.3 Å². The van der Waals surface area contributed by atoms with Crippen LogP contribution in [0.5, 0.6) is 0 Å². The zero-order chi connectivity index (χ0) is 26.2. The molecule has 0 spiro atoms. The molecule has 1 heterocycles. The molecule has 1 aliphatic carbocycles. The zero-order valence-corrected chi connectivity index (χ0v) is 19.1. The number of allylic oxidation sites excluding steroid dienone is 1. The number of benzene rings is 2. The molecule has 2 aliphatic rings. The van der Waals surface area contributed by atoms with Crippen LogP contribution >= 0.6 is 0 Å². The average Bonchev–Trinajstić information content (AvgIpc) is 3.23. The molecule has 2 aromatic carbocycles. The maximum Gasteiger partial charge on any atom is 0.416 e. The molecule has 0 saturated heterocycles. The molecule has 36 heavy (non-hydrogen) atoms. The summed E-state index contributed by atoms with van der Waals surface area (Å²) in [5.74, 6) is -0.901. The number of halogens is 3. The highest BCUT2D eigenvalue weighted by Gasteiger charge is 2.45. The Morgan fingerprint density at radius 2 is 1.94 bits per heavy atom. The van der Waals surface area contributed by atoms with Crippen LogP contribution < -0.4 is 10.2 Å². The number of rotatable bonds is 5. The Kier molecular flexibility index (Phi) is 6.56. The number of ketones is 1. The van der Waals surface area contributed by atoms with Crippen LogP contribution in [-0.2, 0) is 11.0 Å². The highest BCUT2D eigenvalue weighted by molar-refractivity contribution is 6.09. The summed E-state index contributed by atoms with van der Waals surface area (Å²) in [7, 11) is 1.40. The van der Waals surface area contributed by atoms with E-state index in [9.17, 15) is 32.8 Å². The summed E-state index contributed by atoms with van der Waals surface area (Å²) < 4.78 is 40.0. The second-order valence-electron chi connectivity index (χ2n) is 8.36. The molecule has 0 fully saturated rings. The van der Waals surface area contributed by atoms with Crippen molar-refractivity contribution in [1.82, 2.24) is 10.2 Å². The van der Waals surface area contributed by atoms with E-state index in [1.807, 2.05) is 6.07 Å². The van der Waals surface area contributed by atoms with Gasteiger partial charge in [0, 0.05) is 36.8 Å².